The van der Waals surface area contributed by atoms with E-state index in [-0.39, 0.29) is 11.5 Å². The average molecular weight is 386 g/mol. The van der Waals surface area contributed by atoms with Crippen molar-refractivity contribution < 1.29 is 13.9 Å². The Bertz CT molecular complexity index is 1160. The summed E-state index contributed by atoms with van der Waals surface area (Å²) in [5.74, 6) is 0.338. The highest BCUT2D eigenvalue weighted by molar-refractivity contribution is 6.04. The van der Waals surface area contributed by atoms with Crippen LogP contribution in [-0.4, -0.2) is 21.4 Å². The van der Waals surface area contributed by atoms with Crippen molar-refractivity contribution >= 4 is 11.7 Å². The molecule has 1 amide bonds. The summed E-state index contributed by atoms with van der Waals surface area (Å²) in [4.78, 5) is 12.6. The molecule has 0 radical (unpaired) electrons. The van der Waals surface area contributed by atoms with Gasteiger partial charge in [0.15, 0.2) is 17.1 Å². The number of amides is 1. The molecule has 144 valence electrons. The fraction of sp³-hybridized carbons (Fsp3) is 0.182. The van der Waals surface area contributed by atoms with Crippen LogP contribution in [0.4, 0.5) is 5.82 Å². The van der Waals surface area contributed by atoms with Gasteiger partial charge < -0.3 is 9.84 Å². The van der Waals surface area contributed by atoms with Crippen LogP contribution in [0.1, 0.15) is 34.5 Å². The Kier molecular flexibility index (Phi) is 4.40. The van der Waals surface area contributed by atoms with Gasteiger partial charge in [-0.15, -0.1) is 0 Å². The second kappa shape index (κ2) is 7.35. The van der Waals surface area contributed by atoms with Gasteiger partial charge in [-0.25, -0.2) is 4.63 Å². The minimum absolute atomic E-state index is 0.156. The fourth-order valence-corrected chi connectivity index (χ4v) is 3.63. The van der Waals surface area contributed by atoms with E-state index in [0.29, 0.717) is 11.5 Å². The summed E-state index contributed by atoms with van der Waals surface area (Å²) in [6, 6.07) is 17.3. The lowest BCUT2D eigenvalue weighted by molar-refractivity contribution is 0.101. The molecule has 1 aliphatic rings. The van der Waals surface area contributed by atoms with Gasteiger partial charge in [-0.1, -0.05) is 47.6 Å². The highest BCUT2D eigenvalue weighted by Crippen LogP contribution is 2.30. The maximum Gasteiger partial charge on any atom is 0.279 e. The first kappa shape index (κ1) is 17.4. The first-order chi connectivity index (χ1) is 14.3. The normalized spacial score (nSPS) is 13.1. The second-order valence-electron chi connectivity index (χ2n) is 7.05. The Hall–Kier alpha value is -3.74. The molecule has 0 spiro atoms. The van der Waals surface area contributed by atoms with E-state index in [0.717, 1.165) is 24.0 Å². The maximum absolute atomic E-state index is 12.6. The largest absolute Gasteiger partial charge is 0.355 e. The SMILES string of the molecule is O=C(Nc1nonc1-c1ccc2c(c1)CCCC2)c1cc(-c2ccccc2)on1. The van der Waals surface area contributed by atoms with E-state index < -0.39 is 5.91 Å². The quantitative estimate of drug-likeness (QED) is 0.554. The number of fused-ring (bicyclic) bond motifs is 1. The number of anilines is 1. The molecule has 0 saturated heterocycles. The molecule has 0 saturated carbocycles. The minimum Gasteiger partial charge on any atom is -0.355 e. The van der Waals surface area contributed by atoms with E-state index in [1.165, 1.54) is 24.0 Å². The van der Waals surface area contributed by atoms with Crippen molar-refractivity contribution in [3.63, 3.8) is 0 Å². The Balaban J connectivity index is 1.38. The number of hydrogen-bond acceptors (Lipinski definition) is 6. The van der Waals surface area contributed by atoms with Crippen LogP contribution in [0, 0.1) is 0 Å². The zero-order chi connectivity index (χ0) is 19.6. The number of carbonyl (C=O) groups is 1. The van der Waals surface area contributed by atoms with Gasteiger partial charge in [0.1, 0.15) is 0 Å². The van der Waals surface area contributed by atoms with Gasteiger partial charge in [0.05, 0.1) is 0 Å². The molecule has 1 N–H and O–H groups in total. The topological polar surface area (TPSA) is 94.1 Å². The van der Waals surface area contributed by atoms with Crippen LogP contribution in [-0.2, 0) is 12.8 Å². The van der Waals surface area contributed by atoms with Gasteiger partial charge in [-0.2, -0.15) is 0 Å². The zero-order valence-corrected chi connectivity index (χ0v) is 15.6. The average Bonchev–Trinajstić information content (AvgIpc) is 3.44. The van der Waals surface area contributed by atoms with Gasteiger partial charge in [0.2, 0.25) is 5.82 Å². The standard InChI is InChI=1S/C22H18N4O3/c27-22(18-13-19(28-24-18)15-7-2-1-3-8-15)23-21-20(25-29-26-21)17-11-10-14-6-4-5-9-16(14)12-17/h1-3,7-8,10-13H,4-6,9H2,(H,23,26,27). The Labute approximate surface area is 166 Å². The third-order valence-corrected chi connectivity index (χ3v) is 5.14. The molecule has 2 aromatic carbocycles. The van der Waals surface area contributed by atoms with Crippen molar-refractivity contribution in [2.24, 2.45) is 0 Å². The monoisotopic (exact) mass is 386 g/mol. The van der Waals surface area contributed by atoms with Gasteiger partial charge in [0.25, 0.3) is 5.91 Å². The van der Waals surface area contributed by atoms with Crippen LogP contribution >= 0.6 is 0 Å². The van der Waals surface area contributed by atoms with Crippen LogP contribution < -0.4 is 5.32 Å². The third-order valence-electron chi connectivity index (χ3n) is 5.14. The summed E-state index contributed by atoms with van der Waals surface area (Å²) < 4.78 is 10.2. The molecule has 2 heterocycles. The Morgan fingerprint density at radius 3 is 2.55 bits per heavy atom. The second-order valence-corrected chi connectivity index (χ2v) is 7.05. The Morgan fingerprint density at radius 1 is 0.862 bits per heavy atom. The van der Waals surface area contributed by atoms with E-state index in [1.54, 1.807) is 6.07 Å². The predicted octanol–water partition coefficient (Wildman–Crippen LogP) is 4.52. The highest BCUT2D eigenvalue weighted by atomic mass is 16.6. The summed E-state index contributed by atoms with van der Waals surface area (Å²) in [6.45, 7) is 0. The van der Waals surface area contributed by atoms with Crippen molar-refractivity contribution in [3.8, 4) is 22.6 Å². The molecule has 7 nitrogen and oxygen atoms in total. The highest BCUT2D eigenvalue weighted by Gasteiger charge is 2.20. The number of rotatable bonds is 4. The molecule has 0 unspecified atom stereocenters. The third kappa shape index (κ3) is 3.42. The van der Waals surface area contributed by atoms with Crippen molar-refractivity contribution in [2.75, 3.05) is 5.32 Å². The van der Waals surface area contributed by atoms with E-state index in [4.69, 9.17) is 9.15 Å². The van der Waals surface area contributed by atoms with Crippen molar-refractivity contribution in [1.82, 2.24) is 15.5 Å². The van der Waals surface area contributed by atoms with E-state index in [9.17, 15) is 4.79 Å². The van der Waals surface area contributed by atoms with Crippen molar-refractivity contribution in [1.29, 1.82) is 0 Å². The summed E-state index contributed by atoms with van der Waals surface area (Å²) in [7, 11) is 0. The summed E-state index contributed by atoms with van der Waals surface area (Å²) in [5.41, 5.74) is 5.06. The van der Waals surface area contributed by atoms with E-state index >= 15 is 0 Å². The lowest BCUT2D eigenvalue weighted by Gasteiger charge is -2.16. The number of aryl methyl sites for hydroxylation is 2. The minimum atomic E-state index is -0.439. The van der Waals surface area contributed by atoms with Crippen molar-refractivity contribution in [3.05, 3.63) is 71.4 Å². The fourth-order valence-electron chi connectivity index (χ4n) is 3.63. The maximum atomic E-state index is 12.6. The molecule has 5 rings (SSSR count). The lowest BCUT2D eigenvalue weighted by atomic mass is 9.90. The van der Waals surface area contributed by atoms with Crippen LogP contribution in [0.2, 0.25) is 0 Å². The lowest BCUT2D eigenvalue weighted by Crippen LogP contribution is -2.13. The first-order valence-electron chi connectivity index (χ1n) is 9.56. The van der Waals surface area contributed by atoms with Crippen LogP contribution in [0.5, 0.6) is 0 Å². The van der Waals surface area contributed by atoms with Gasteiger partial charge >= 0.3 is 0 Å². The molecule has 0 atom stereocenters. The molecule has 4 aromatic rings. The molecular formula is C22H18N4O3. The van der Waals surface area contributed by atoms with Gasteiger partial charge in [0, 0.05) is 17.2 Å². The molecule has 1 aliphatic carbocycles. The first-order valence-corrected chi connectivity index (χ1v) is 9.56. The molecule has 29 heavy (non-hydrogen) atoms. The smallest absolute Gasteiger partial charge is 0.279 e. The summed E-state index contributed by atoms with van der Waals surface area (Å²) in [5, 5.41) is 14.4. The number of nitrogens with one attached hydrogen (secondary N) is 1. The summed E-state index contributed by atoms with van der Waals surface area (Å²) in [6.07, 6.45) is 4.57. The zero-order valence-electron chi connectivity index (χ0n) is 15.6. The van der Waals surface area contributed by atoms with Crippen LogP contribution in [0.25, 0.3) is 22.6 Å². The number of benzene rings is 2. The molecule has 7 heteroatoms. The number of hydrogen-bond donors (Lipinski definition) is 1. The van der Waals surface area contributed by atoms with E-state index in [1.807, 2.05) is 36.4 Å². The molecule has 0 aliphatic heterocycles. The Morgan fingerprint density at radius 2 is 1.69 bits per heavy atom. The van der Waals surface area contributed by atoms with Crippen LogP contribution in [0.3, 0.4) is 0 Å². The number of nitrogens with zero attached hydrogens (tertiary/aromatic N) is 3. The predicted molar refractivity (Wildman–Crippen MR) is 106 cm³/mol. The molecule has 0 fully saturated rings. The van der Waals surface area contributed by atoms with Crippen LogP contribution in [0.15, 0.2) is 63.7 Å². The van der Waals surface area contributed by atoms with E-state index in [2.05, 4.69) is 32.9 Å². The molecular weight excluding hydrogens is 368 g/mol. The van der Waals surface area contributed by atoms with Gasteiger partial charge in [-0.3, -0.25) is 4.79 Å². The number of carbonyl (C=O) groups excluding carboxylic acids is 1. The molecule has 0 bridgehead atoms. The summed E-state index contributed by atoms with van der Waals surface area (Å²) >= 11 is 0. The van der Waals surface area contributed by atoms with Crippen molar-refractivity contribution in [2.45, 2.75) is 25.7 Å². The van der Waals surface area contributed by atoms with Gasteiger partial charge in [-0.05, 0) is 53.2 Å². The number of aromatic nitrogens is 3. The molecule has 2 aromatic heterocycles.